The maximum Gasteiger partial charge on any atom is 0.352 e. The Morgan fingerprint density at radius 3 is 2.77 bits per heavy atom. The van der Waals surface area contributed by atoms with E-state index in [2.05, 4.69) is 30.5 Å². The number of carboxylic acids is 2. The van der Waals surface area contributed by atoms with Crippen molar-refractivity contribution in [2.24, 2.45) is 5.16 Å². The van der Waals surface area contributed by atoms with Gasteiger partial charge in [-0.25, -0.2) is 19.6 Å². The number of nitrogen functional groups attached to an aromatic ring is 1. The van der Waals surface area contributed by atoms with Crippen LogP contribution >= 0.6 is 34.9 Å². The average molecular weight is 592 g/mol. The van der Waals surface area contributed by atoms with Gasteiger partial charge in [-0.3, -0.25) is 14.5 Å². The molecule has 202 valence electrons. The minimum atomic E-state index is -1.33. The Bertz CT molecular complexity index is 1580. The highest BCUT2D eigenvalue weighted by Crippen LogP contribution is 2.42. The molecule has 2 atom stereocenters. The molecule has 0 bridgehead atoms. The molecule has 2 amide bonds. The van der Waals surface area contributed by atoms with Gasteiger partial charge in [0.1, 0.15) is 46.8 Å². The number of fused-ring (bicyclic) bond motifs is 2. The first-order chi connectivity index (χ1) is 18.7. The number of rotatable bonds is 9. The van der Waals surface area contributed by atoms with Gasteiger partial charge in [0.25, 0.3) is 17.6 Å². The summed E-state index contributed by atoms with van der Waals surface area (Å²) in [5.74, 6) is -3.47. The van der Waals surface area contributed by atoms with E-state index in [1.165, 1.54) is 35.1 Å². The lowest BCUT2D eigenvalue weighted by molar-refractivity contribution is -0.150. The number of carbonyl (C=O) groups is 4. The smallest absolute Gasteiger partial charge is 0.352 e. The summed E-state index contributed by atoms with van der Waals surface area (Å²) in [7, 11) is 1.25. The number of oxime groups is 1. The average Bonchev–Trinajstić information content (AvgIpc) is 3.56. The predicted molar refractivity (Wildman–Crippen MR) is 138 cm³/mol. The predicted octanol–water partition coefficient (Wildman–Crippen LogP) is -0.257. The Balaban J connectivity index is 1.36. The summed E-state index contributed by atoms with van der Waals surface area (Å²) in [5.41, 5.74) is 5.66. The van der Waals surface area contributed by atoms with Gasteiger partial charge in [0.05, 0.1) is 0 Å². The number of nitrogens with one attached hydrogen (secondary N) is 1. The molecular weight excluding hydrogens is 574 g/mol. The van der Waals surface area contributed by atoms with Gasteiger partial charge in [-0.05, 0) is 5.57 Å². The number of β-lactam (4-membered cyclic amide) rings is 1. The number of aromatic carboxylic acids is 1. The summed E-state index contributed by atoms with van der Waals surface area (Å²) in [5, 5.41) is 31.1. The second-order valence-electron chi connectivity index (χ2n) is 7.85. The third-order valence-corrected chi connectivity index (χ3v) is 8.75. The first-order valence-corrected chi connectivity index (χ1v) is 13.7. The van der Waals surface area contributed by atoms with Crippen LogP contribution in [0.5, 0.6) is 0 Å². The van der Waals surface area contributed by atoms with E-state index in [4.69, 9.17) is 10.6 Å². The molecule has 5 heterocycles. The van der Waals surface area contributed by atoms with Crippen LogP contribution in [0.2, 0.25) is 0 Å². The first kappa shape index (κ1) is 26.4. The number of carbonyl (C=O) groups excluding carboxylic acids is 2. The van der Waals surface area contributed by atoms with Crippen LogP contribution in [-0.2, 0) is 19.2 Å². The van der Waals surface area contributed by atoms with Crippen molar-refractivity contribution in [3.8, 4) is 0 Å². The molecule has 19 heteroatoms. The summed E-state index contributed by atoms with van der Waals surface area (Å²) in [6.07, 6.45) is 2.38. The molecule has 0 aliphatic carbocycles. The Labute approximate surface area is 230 Å². The van der Waals surface area contributed by atoms with E-state index in [0.717, 1.165) is 34.2 Å². The van der Waals surface area contributed by atoms with Gasteiger partial charge in [-0.1, -0.05) is 5.16 Å². The van der Waals surface area contributed by atoms with Gasteiger partial charge < -0.3 is 26.1 Å². The highest BCUT2D eigenvalue weighted by molar-refractivity contribution is 8.01. The standard InChI is InChI=1S/C20H17N9O7S3/c1-36-27-10(9-5-39-19(21)25-9)13(30)26-11-14(31)28-12(18(34)35)7(4-38-16(11)28)3-37-15-8(17(32)33)2-22-20-23-6-24-29(15)20/h2,5-6,11,16H,3-4H2,1H3,(H2,21,25)(H,26,30)(H,32,33)(H,34,35)/b27-10-/t11-,16-/m1/s1. The lowest BCUT2D eigenvalue weighted by Gasteiger charge is -2.49. The summed E-state index contributed by atoms with van der Waals surface area (Å²) >= 11 is 3.39. The molecule has 5 rings (SSSR count). The van der Waals surface area contributed by atoms with E-state index in [1.807, 2.05) is 0 Å². The molecule has 0 saturated carbocycles. The Morgan fingerprint density at radius 1 is 1.31 bits per heavy atom. The fourth-order valence-electron chi connectivity index (χ4n) is 3.90. The molecule has 3 aromatic rings. The van der Waals surface area contributed by atoms with Crippen LogP contribution in [0, 0.1) is 0 Å². The Hall–Kier alpha value is -4.23. The van der Waals surface area contributed by atoms with Crippen LogP contribution in [0.25, 0.3) is 5.78 Å². The lowest BCUT2D eigenvalue weighted by Crippen LogP contribution is -2.71. The molecule has 3 aromatic heterocycles. The molecule has 16 nitrogen and oxygen atoms in total. The topological polar surface area (TPSA) is 228 Å². The molecule has 39 heavy (non-hydrogen) atoms. The van der Waals surface area contributed by atoms with Crippen molar-refractivity contribution in [1.29, 1.82) is 0 Å². The first-order valence-electron chi connectivity index (χ1n) is 10.8. The zero-order valence-corrected chi connectivity index (χ0v) is 22.1. The van der Waals surface area contributed by atoms with E-state index >= 15 is 0 Å². The molecule has 0 aromatic carbocycles. The van der Waals surface area contributed by atoms with Gasteiger partial charge in [-0.2, -0.15) is 14.6 Å². The zero-order chi connectivity index (χ0) is 27.8. The summed E-state index contributed by atoms with van der Waals surface area (Å²) in [6.45, 7) is 0. The van der Waals surface area contributed by atoms with Crippen molar-refractivity contribution in [3.63, 3.8) is 0 Å². The molecule has 1 fully saturated rings. The van der Waals surface area contributed by atoms with E-state index in [9.17, 15) is 29.4 Å². The summed E-state index contributed by atoms with van der Waals surface area (Å²) < 4.78 is 1.25. The quantitative estimate of drug-likeness (QED) is 0.0827. The monoisotopic (exact) mass is 591 g/mol. The number of anilines is 1. The molecule has 0 radical (unpaired) electrons. The highest BCUT2D eigenvalue weighted by atomic mass is 32.2. The fourth-order valence-corrected chi connectivity index (χ4v) is 7.01. The molecule has 0 unspecified atom stereocenters. The van der Waals surface area contributed by atoms with Gasteiger partial charge in [0, 0.05) is 23.1 Å². The summed E-state index contributed by atoms with van der Waals surface area (Å²) in [6, 6.07) is -1.02. The number of aromatic nitrogens is 5. The van der Waals surface area contributed by atoms with Crippen LogP contribution in [0.4, 0.5) is 5.13 Å². The maximum absolute atomic E-state index is 13.1. The fraction of sp³-hybridized carbons (Fsp3) is 0.250. The third kappa shape index (κ3) is 4.74. The Kier molecular flexibility index (Phi) is 7.10. The number of hydrogen-bond acceptors (Lipinski definition) is 14. The van der Waals surface area contributed by atoms with E-state index in [1.54, 1.807) is 0 Å². The number of amides is 2. The van der Waals surface area contributed by atoms with Crippen molar-refractivity contribution in [2.45, 2.75) is 16.4 Å². The summed E-state index contributed by atoms with van der Waals surface area (Å²) in [4.78, 5) is 67.7. The highest BCUT2D eigenvalue weighted by Gasteiger charge is 2.54. The number of nitrogens with two attached hydrogens (primary N) is 1. The van der Waals surface area contributed by atoms with Crippen molar-refractivity contribution >= 4 is 75.2 Å². The van der Waals surface area contributed by atoms with Gasteiger partial charge in [0.2, 0.25) is 0 Å². The van der Waals surface area contributed by atoms with Crippen molar-refractivity contribution in [3.05, 3.63) is 40.4 Å². The second kappa shape index (κ2) is 10.5. The molecule has 1 saturated heterocycles. The molecular formula is C20H17N9O7S3. The van der Waals surface area contributed by atoms with Crippen LogP contribution in [0.15, 0.2) is 39.4 Å². The largest absolute Gasteiger partial charge is 0.478 e. The van der Waals surface area contributed by atoms with Crippen LogP contribution in [-0.4, -0.2) is 99.2 Å². The Morgan fingerprint density at radius 2 is 2.10 bits per heavy atom. The van der Waals surface area contributed by atoms with E-state index in [-0.39, 0.29) is 50.1 Å². The molecule has 5 N–H and O–H groups in total. The second-order valence-corrected chi connectivity index (χ2v) is 10.8. The molecule has 2 aliphatic rings. The number of nitrogens with zero attached hydrogens (tertiary/aromatic N) is 7. The molecule has 2 aliphatic heterocycles. The van der Waals surface area contributed by atoms with Crippen LogP contribution in [0.3, 0.4) is 0 Å². The van der Waals surface area contributed by atoms with Crippen LogP contribution < -0.4 is 11.1 Å². The SMILES string of the molecule is CO/N=C(\C(=O)N[C@@H]1C(=O)N2C(C(=O)O)=C(CSc3c(C(=O)O)cnc4ncnn34)CS[C@H]12)c1csc(N)n1. The third-order valence-electron chi connectivity index (χ3n) is 5.57. The molecule has 0 spiro atoms. The van der Waals surface area contributed by atoms with Gasteiger partial charge in [-0.15, -0.1) is 34.9 Å². The van der Waals surface area contributed by atoms with E-state index < -0.39 is 35.2 Å². The minimum absolute atomic E-state index is 0.0529. The van der Waals surface area contributed by atoms with Crippen molar-refractivity contribution in [2.75, 3.05) is 24.3 Å². The van der Waals surface area contributed by atoms with Gasteiger partial charge in [0.15, 0.2) is 10.8 Å². The lowest BCUT2D eigenvalue weighted by atomic mass is 10.0. The van der Waals surface area contributed by atoms with Crippen molar-refractivity contribution in [1.82, 2.24) is 34.8 Å². The normalized spacial score (nSPS) is 19.1. The zero-order valence-electron chi connectivity index (χ0n) is 19.7. The number of aliphatic carboxylic acids is 1. The number of carboxylic acid groups (broad SMARTS) is 2. The minimum Gasteiger partial charge on any atom is -0.478 e. The maximum atomic E-state index is 13.1. The van der Waals surface area contributed by atoms with Crippen LogP contribution in [0.1, 0.15) is 16.1 Å². The van der Waals surface area contributed by atoms with Gasteiger partial charge >= 0.3 is 11.9 Å². The number of thioether (sulfide) groups is 2. The van der Waals surface area contributed by atoms with Crippen molar-refractivity contribution < 1.29 is 34.2 Å². The number of hydrogen-bond donors (Lipinski definition) is 4. The number of thiazole rings is 1. The van der Waals surface area contributed by atoms with E-state index in [0.29, 0.717) is 5.57 Å².